The SMILES string of the molecule is Cc1nc(CS(=O)c2ncccc2N)cs1. The lowest BCUT2D eigenvalue weighted by molar-refractivity contribution is 0.679. The molecule has 0 radical (unpaired) electrons. The van der Waals surface area contributed by atoms with E-state index in [9.17, 15) is 4.21 Å². The quantitative estimate of drug-likeness (QED) is 0.904. The molecule has 0 aliphatic heterocycles. The summed E-state index contributed by atoms with van der Waals surface area (Å²) in [5.74, 6) is 0.367. The number of aryl methyl sites for hydroxylation is 1. The summed E-state index contributed by atoms with van der Waals surface area (Å²) in [6.45, 7) is 1.92. The fraction of sp³-hybridized carbons (Fsp3) is 0.200. The first kappa shape index (κ1) is 11.2. The zero-order valence-corrected chi connectivity index (χ0v) is 10.3. The summed E-state index contributed by atoms with van der Waals surface area (Å²) in [5.41, 5.74) is 7.00. The summed E-state index contributed by atoms with van der Waals surface area (Å²) >= 11 is 1.55. The molecule has 2 rings (SSSR count). The molecule has 0 fully saturated rings. The number of nitrogens with two attached hydrogens (primary N) is 1. The van der Waals surface area contributed by atoms with E-state index in [0.717, 1.165) is 10.7 Å². The third-order valence-corrected chi connectivity index (χ3v) is 4.11. The topological polar surface area (TPSA) is 68.9 Å². The summed E-state index contributed by atoms with van der Waals surface area (Å²) in [6, 6.07) is 3.43. The molecule has 2 aromatic rings. The van der Waals surface area contributed by atoms with Crippen LogP contribution < -0.4 is 5.73 Å². The number of hydrogen-bond donors (Lipinski definition) is 1. The number of rotatable bonds is 3. The van der Waals surface area contributed by atoms with Crippen molar-refractivity contribution in [1.29, 1.82) is 0 Å². The fourth-order valence-corrected chi connectivity index (χ4v) is 3.05. The van der Waals surface area contributed by atoms with Gasteiger partial charge in [-0.25, -0.2) is 9.97 Å². The average molecular weight is 253 g/mol. The minimum atomic E-state index is -1.22. The monoisotopic (exact) mass is 253 g/mol. The molecule has 0 spiro atoms. The number of hydrogen-bond acceptors (Lipinski definition) is 5. The Morgan fingerprint density at radius 2 is 2.38 bits per heavy atom. The van der Waals surface area contributed by atoms with Gasteiger partial charge >= 0.3 is 0 Å². The van der Waals surface area contributed by atoms with Crippen molar-refractivity contribution in [2.45, 2.75) is 17.7 Å². The van der Waals surface area contributed by atoms with Gasteiger partial charge in [0.15, 0.2) is 0 Å². The van der Waals surface area contributed by atoms with Gasteiger partial charge in [0.25, 0.3) is 0 Å². The van der Waals surface area contributed by atoms with Gasteiger partial charge in [-0.1, -0.05) is 0 Å². The second kappa shape index (κ2) is 4.71. The van der Waals surface area contributed by atoms with Crippen LogP contribution in [0, 0.1) is 6.92 Å². The van der Waals surface area contributed by atoms with E-state index in [0.29, 0.717) is 16.5 Å². The Bertz CT molecular complexity index is 524. The van der Waals surface area contributed by atoms with Crippen molar-refractivity contribution >= 4 is 27.8 Å². The number of aromatic nitrogens is 2. The molecule has 2 N–H and O–H groups in total. The first-order valence-corrected chi connectivity index (χ1v) is 6.86. The van der Waals surface area contributed by atoms with E-state index in [1.807, 2.05) is 12.3 Å². The molecule has 4 nitrogen and oxygen atoms in total. The van der Waals surface area contributed by atoms with Gasteiger partial charge in [-0.3, -0.25) is 4.21 Å². The number of nitrogen functional groups attached to an aromatic ring is 1. The lowest BCUT2D eigenvalue weighted by Gasteiger charge is -2.02. The van der Waals surface area contributed by atoms with Crippen molar-refractivity contribution in [1.82, 2.24) is 9.97 Å². The van der Waals surface area contributed by atoms with Gasteiger partial charge in [-0.05, 0) is 19.1 Å². The summed E-state index contributed by atoms with van der Waals surface area (Å²) < 4.78 is 12.0. The van der Waals surface area contributed by atoms with Crippen LogP contribution >= 0.6 is 11.3 Å². The Morgan fingerprint density at radius 1 is 1.56 bits per heavy atom. The largest absolute Gasteiger partial charge is 0.396 e. The van der Waals surface area contributed by atoms with Gasteiger partial charge in [0, 0.05) is 11.6 Å². The minimum Gasteiger partial charge on any atom is -0.396 e. The molecule has 1 atom stereocenters. The Morgan fingerprint density at radius 3 is 3.00 bits per heavy atom. The van der Waals surface area contributed by atoms with Crippen LogP contribution in [0.4, 0.5) is 5.69 Å². The molecule has 0 aliphatic carbocycles. The van der Waals surface area contributed by atoms with Crippen molar-refractivity contribution in [3.63, 3.8) is 0 Å². The molecule has 6 heteroatoms. The van der Waals surface area contributed by atoms with Crippen LogP contribution in [0.2, 0.25) is 0 Å². The molecular weight excluding hydrogens is 242 g/mol. The Labute approximate surface area is 100 Å². The molecule has 0 saturated heterocycles. The van der Waals surface area contributed by atoms with E-state index in [2.05, 4.69) is 9.97 Å². The van der Waals surface area contributed by atoms with E-state index in [1.54, 1.807) is 29.7 Å². The van der Waals surface area contributed by atoms with Gasteiger partial charge in [0.1, 0.15) is 5.03 Å². The van der Waals surface area contributed by atoms with E-state index < -0.39 is 10.8 Å². The molecule has 1 unspecified atom stereocenters. The molecule has 0 saturated carbocycles. The van der Waals surface area contributed by atoms with Gasteiger partial charge in [-0.2, -0.15) is 0 Å². The molecule has 84 valence electrons. The van der Waals surface area contributed by atoms with E-state index in [-0.39, 0.29) is 0 Å². The van der Waals surface area contributed by atoms with Crippen molar-refractivity contribution in [2.75, 3.05) is 5.73 Å². The molecular formula is C10H11N3OS2. The number of anilines is 1. The molecule has 0 bridgehead atoms. The lowest BCUT2D eigenvalue weighted by atomic mass is 10.4. The molecule has 2 heterocycles. The van der Waals surface area contributed by atoms with Crippen LogP contribution in [0.3, 0.4) is 0 Å². The van der Waals surface area contributed by atoms with Crippen LogP contribution in [0.5, 0.6) is 0 Å². The highest BCUT2D eigenvalue weighted by atomic mass is 32.2. The van der Waals surface area contributed by atoms with Gasteiger partial charge in [-0.15, -0.1) is 11.3 Å². The van der Waals surface area contributed by atoms with Crippen LogP contribution in [-0.2, 0) is 16.6 Å². The normalized spacial score (nSPS) is 12.6. The highest BCUT2D eigenvalue weighted by molar-refractivity contribution is 7.84. The highest BCUT2D eigenvalue weighted by Crippen LogP contribution is 2.17. The third-order valence-electron chi connectivity index (χ3n) is 1.96. The summed E-state index contributed by atoms with van der Waals surface area (Å²) in [7, 11) is -1.22. The maximum absolute atomic E-state index is 12.0. The molecule has 16 heavy (non-hydrogen) atoms. The Balaban J connectivity index is 2.18. The number of nitrogens with zero attached hydrogens (tertiary/aromatic N) is 2. The molecule has 0 aliphatic rings. The van der Waals surface area contributed by atoms with E-state index in [1.165, 1.54) is 0 Å². The first-order valence-electron chi connectivity index (χ1n) is 4.66. The van der Waals surface area contributed by atoms with Crippen molar-refractivity contribution in [2.24, 2.45) is 0 Å². The summed E-state index contributed by atoms with van der Waals surface area (Å²) in [5, 5.41) is 3.32. The third kappa shape index (κ3) is 2.45. The second-order valence-corrected chi connectivity index (χ2v) is 5.67. The van der Waals surface area contributed by atoms with Gasteiger partial charge in [0.2, 0.25) is 0 Å². The maximum Gasteiger partial charge on any atom is 0.150 e. The van der Waals surface area contributed by atoms with Crippen LogP contribution in [-0.4, -0.2) is 14.2 Å². The first-order chi connectivity index (χ1) is 7.66. The predicted molar refractivity (Wildman–Crippen MR) is 65.6 cm³/mol. The van der Waals surface area contributed by atoms with Gasteiger partial charge < -0.3 is 5.73 Å². The second-order valence-electron chi connectivity index (χ2n) is 3.25. The molecule has 0 amide bonds. The van der Waals surface area contributed by atoms with Gasteiger partial charge in [0.05, 0.1) is 32.9 Å². The van der Waals surface area contributed by atoms with Crippen molar-refractivity contribution in [3.8, 4) is 0 Å². The average Bonchev–Trinajstić information content (AvgIpc) is 2.64. The zero-order valence-electron chi connectivity index (χ0n) is 8.71. The minimum absolute atomic E-state index is 0.367. The summed E-state index contributed by atoms with van der Waals surface area (Å²) in [4.78, 5) is 8.29. The maximum atomic E-state index is 12.0. The number of thiazole rings is 1. The van der Waals surface area contributed by atoms with E-state index in [4.69, 9.17) is 5.73 Å². The van der Waals surface area contributed by atoms with Crippen molar-refractivity contribution < 1.29 is 4.21 Å². The lowest BCUT2D eigenvalue weighted by Crippen LogP contribution is -2.03. The van der Waals surface area contributed by atoms with E-state index >= 15 is 0 Å². The smallest absolute Gasteiger partial charge is 0.150 e. The van der Waals surface area contributed by atoms with Crippen LogP contribution in [0.1, 0.15) is 10.7 Å². The Kier molecular flexibility index (Phi) is 3.31. The fourth-order valence-electron chi connectivity index (χ4n) is 1.27. The molecule has 0 aromatic carbocycles. The van der Waals surface area contributed by atoms with Crippen LogP contribution in [0.25, 0.3) is 0 Å². The zero-order chi connectivity index (χ0) is 11.5. The Hall–Kier alpha value is -1.27. The van der Waals surface area contributed by atoms with Crippen LogP contribution in [0.15, 0.2) is 28.7 Å². The number of pyridine rings is 1. The standard InChI is InChI=1S/C10H11N3OS2/c1-7-13-8(5-15-7)6-16(14)10-9(11)3-2-4-12-10/h2-5H,6,11H2,1H3. The molecule has 2 aromatic heterocycles. The highest BCUT2D eigenvalue weighted by Gasteiger charge is 2.11. The predicted octanol–water partition coefficient (Wildman–Crippen LogP) is 1.74. The van der Waals surface area contributed by atoms with Crippen molar-refractivity contribution in [3.05, 3.63) is 34.4 Å². The summed E-state index contributed by atoms with van der Waals surface area (Å²) in [6.07, 6.45) is 1.59.